The highest BCUT2D eigenvalue weighted by Crippen LogP contribution is 2.24. The van der Waals surface area contributed by atoms with Crippen molar-refractivity contribution in [1.82, 2.24) is 19.8 Å². The molecule has 0 spiro atoms. The molecule has 1 aliphatic heterocycles. The Balaban J connectivity index is 1.60. The van der Waals surface area contributed by atoms with Crippen molar-refractivity contribution < 1.29 is 4.79 Å². The summed E-state index contributed by atoms with van der Waals surface area (Å²) in [6.07, 6.45) is 3.56. The van der Waals surface area contributed by atoms with Gasteiger partial charge in [-0.15, -0.1) is 0 Å². The minimum absolute atomic E-state index is 0.0652. The van der Waals surface area contributed by atoms with E-state index in [4.69, 9.17) is 0 Å². The number of amides is 1. The summed E-state index contributed by atoms with van der Waals surface area (Å²) in [5.41, 5.74) is 1.85. The van der Waals surface area contributed by atoms with Crippen LogP contribution in [0.5, 0.6) is 0 Å². The van der Waals surface area contributed by atoms with Gasteiger partial charge in [0.15, 0.2) is 0 Å². The fraction of sp³-hybridized carbons (Fsp3) is 0.524. The van der Waals surface area contributed by atoms with Crippen LogP contribution in [-0.2, 0) is 6.54 Å². The lowest BCUT2D eigenvalue weighted by Crippen LogP contribution is -2.54. The second-order valence-electron chi connectivity index (χ2n) is 7.93. The topological polar surface area (TPSA) is 50.2 Å². The maximum absolute atomic E-state index is 12.6. The van der Waals surface area contributed by atoms with Gasteiger partial charge in [0, 0.05) is 37.9 Å². The van der Waals surface area contributed by atoms with Gasteiger partial charge < -0.3 is 9.88 Å². The number of nitrogens with one attached hydrogen (secondary N) is 1. The smallest absolute Gasteiger partial charge is 0.271 e. The van der Waals surface area contributed by atoms with Crippen molar-refractivity contribution in [2.75, 3.05) is 13.1 Å². The predicted octanol–water partition coefficient (Wildman–Crippen LogP) is 3.35. The summed E-state index contributed by atoms with van der Waals surface area (Å²) in [7, 11) is 0. The van der Waals surface area contributed by atoms with E-state index in [2.05, 4.69) is 73.2 Å². The highest BCUT2D eigenvalue weighted by Gasteiger charge is 2.33. The zero-order valence-corrected chi connectivity index (χ0v) is 16.2. The molecular formula is C21H30N4O. The van der Waals surface area contributed by atoms with Crippen LogP contribution in [0, 0.1) is 11.8 Å². The lowest BCUT2D eigenvalue weighted by atomic mass is 9.85. The third-order valence-corrected chi connectivity index (χ3v) is 5.30. The molecule has 1 N–H and O–H groups in total. The van der Waals surface area contributed by atoms with Crippen LogP contribution in [0.3, 0.4) is 0 Å². The van der Waals surface area contributed by atoms with Crippen molar-refractivity contribution >= 4 is 5.91 Å². The lowest BCUT2D eigenvalue weighted by molar-refractivity contribution is 0.0729. The van der Waals surface area contributed by atoms with Gasteiger partial charge in [-0.05, 0) is 31.2 Å². The van der Waals surface area contributed by atoms with Gasteiger partial charge >= 0.3 is 0 Å². The Morgan fingerprint density at radius 2 is 1.85 bits per heavy atom. The van der Waals surface area contributed by atoms with E-state index in [-0.39, 0.29) is 11.9 Å². The zero-order chi connectivity index (χ0) is 18.7. The Morgan fingerprint density at radius 1 is 1.19 bits per heavy atom. The Bertz CT molecular complexity index is 713. The van der Waals surface area contributed by atoms with Crippen molar-refractivity contribution in [1.29, 1.82) is 0 Å². The highest BCUT2D eigenvalue weighted by atomic mass is 16.2. The molecule has 2 aromatic rings. The van der Waals surface area contributed by atoms with Gasteiger partial charge in [0.1, 0.15) is 5.69 Å². The van der Waals surface area contributed by atoms with Crippen LogP contribution >= 0.6 is 0 Å². The molecule has 1 fully saturated rings. The van der Waals surface area contributed by atoms with Crippen molar-refractivity contribution in [3.8, 4) is 0 Å². The van der Waals surface area contributed by atoms with Gasteiger partial charge in [0.25, 0.3) is 5.91 Å². The maximum atomic E-state index is 12.6. The third kappa shape index (κ3) is 4.33. The zero-order valence-electron chi connectivity index (χ0n) is 16.2. The molecule has 5 heteroatoms. The van der Waals surface area contributed by atoms with Crippen molar-refractivity contribution in [2.45, 2.75) is 46.3 Å². The molecule has 0 radical (unpaired) electrons. The molecule has 1 amide bonds. The molecule has 1 aromatic carbocycles. The van der Waals surface area contributed by atoms with Gasteiger partial charge in [0.05, 0.1) is 6.33 Å². The number of imidazole rings is 1. The molecule has 0 saturated carbocycles. The quantitative estimate of drug-likeness (QED) is 0.896. The van der Waals surface area contributed by atoms with E-state index >= 15 is 0 Å². The second-order valence-corrected chi connectivity index (χ2v) is 7.93. The van der Waals surface area contributed by atoms with Gasteiger partial charge in [-0.25, -0.2) is 4.98 Å². The van der Waals surface area contributed by atoms with Crippen LogP contribution in [0.15, 0.2) is 42.9 Å². The first-order valence-electron chi connectivity index (χ1n) is 9.54. The number of hydrogen-bond acceptors (Lipinski definition) is 3. The fourth-order valence-electron chi connectivity index (χ4n) is 3.89. The van der Waals surface area contributed by atoms with Gasteiger partial charge in [-0.2, -0.15) is 0 Å². The summed E-state index contributed by atoms with van der Waals surface area (Å²) < 4.78 is 1.96. The maximum Gasteiger partial charge on any atom is 0.271 e. The summed E-state index contributed by atoms with van der Waals surface area (Å²) in [5.74, 6) is 0.738. The Labute approximate surface area is 156 Å². The molecule has 0 bridgehead atoms. The van der Waals surface area contributed by atoms with E-state index in [0.29, 0.717) is 23.6 Å². The molecule has 3 rings (SSSR count). The minimum atomic E-state index is -0.0652. The fourth-order valence-corrected chi connectivity index (χ4v) is 3.89. The SMILES string of the molecule is CC1CN(Cc2ccccc2)CC(C)C1NC(=O)c1cn(C(C)C)cn1. The minimum Gasteiger partial charge on any atom is -0.347 e. The highest BCUT2D eigenvalue weighted by molar-refractivity contribution is 5.92. The molecule has 5 nitrogen and oxygen atoms in total. The lowest BCUT2D eigenvalue weighted by Gasteiger charge is -2.41. The first kappa shape index (κ1) is 18.6. The summed E-state index contributed by atoms with van der Waals surface area (Å²) in [6.45, 7) is 11.6. The predicted molar refractivity (Wildman–Crippen MR) is 104 cm³/mol. The molecule has 140 valence electrons. The van der Waals surface area contributed by atoms with Crippen LogP contribution in [0.4, 0.5) is 0 Å². The molecule has 1 saturated heterocycles. The molecule has 1 aromatic heterocycles. The van der Waals surface area contributed by atoms with Gasteiger partial charge in [0.2, 0.25) is 0 Å². The average Bonchev–Trinajstić information content (AvgIpc) is 3.09. The van der Waals surface area contributed by atoms with Crippen molar-refractivity contribution in [3.63, 3.8) is 0 Å². The number of rotatable bonds is 5. The molecule has 26 heavy (non-hydrogen) atoms. The monoisotopic (exact) mass is 354 g/mol. The molecule has 0 aliphatic carbocycles. The Morgan fingerprint density at radius 3 is 2.42 bits per heavy atom. The first-order valence-corrected chi connectivity index (χ1v) is 9.54. The van der Waals surface area contributed by atoms with Gasteiger partial charge in [-0.1, -0.05) is 44.2 Å². The van der Waals surface area contributed by atoms with Crippen LogP contribution in [0.2, 0.25) is 0 Å². The number of piperidine rings is 1. The Kier molecular flexibility index (Phi) is 5.77. The second kappa shape index (κ2) is 8.04. The summed E-state index contributed by atoms with van der Waals surface area (Å²) in [5, 5.41) is 3.23. The largest absolute Gasteiger partial charge is 0.347 e. The summed E-state index contributed by atoms with van der Waals surface area (Å²) >= 11 is 0. The number of benzene rings is 1. The molecule has 2 atom stereocenters. The van der Waals surface area contributed by atoms with E-state index in [1.165, 1.54) is 5.56 Å². The number of hydrogen-bond donors (Lipinski definition) is 1. The standard InChI is InChI=1S/C21H30N4O/c1-15(2)25-13-19(22-14-25)21(26)23-20-16(3)10-24(11-17(20)4)12-18-8-6-5-7-9-18/h5-9,13-17,20H,10-12H2,1-4H3,(H,23,26). The molecular weight excluding hydrogens is 324 g/mol. The van der Waals surface area contributed by atoms with Crippen LogP contribution in [0.25, 0.3) is 0 Å². The van der Waals surface area contributed by atoms with Crippen molar-refractivity contribution in [2.24, 2.45) is 11.8 Å². The van der Waals surface area contributed by atoms with E-state index in [0.717, 1.165) is 19.6 Å². The number of aromatic nitrogens is 2. The number of nitrogens with zero attached hydrogens (tertiary/aromatic N) is 3. The first-order chi connectivity index (χ1) is 12.4. The number of carbonyl (C=O) groups is 1. The van der Waals surface area contributed by atoms with E-state index < -0.39 is 0 Å². The van der Waals surface area contributed by atoms with E-state index in [1.807, 2.05) is 10.8 Å². The van der Waals surface area contributed by atoms with Crippen LogP contribution in [-0.4, -0.2) is 39.5 Å². The Hall–Kier alpha value is -2.14. The van der Waals surface area contributed by atoms with Gasteiger partial charge in [-0.3, -0.25) is 9.69 Å². The summed E-state index contributed by atoms with van der Waals surface area (Å²) in [6, 6.07) is 11.1. The molecule has 1 aliphatic rings. The molecule has 2 unspecified atom stereocenters. The number of carbonyl (C=O) groups excluding carboxylic acids is 1. The van der Waals surface area contributed by atoms with E-state index in [9.17, 15) is 4.79 Å². The third-order valence-electron chi connectivity index (χ3n) is 5.30. The molecule has 2 heterocycles. The van der Waals surface area contributed by atoms with Crippen LogP contribution in [0.1, 0.15) is 49.8 Å². The summed E-state index contributed by atoms with van der Waals surface area (Å²) in [4.78, 5) is 19.4. The van der Waals surface area contributed by atoms with Crippen molar-refractivity contribution in [3.05, 3.63) is 54.1 Å². The number of likely N-dealkylation sites (tertiary alicyclic amines) is 1. The average molecular weight is 354 g/mol. The normalized spacial score (nSPS) is 24.0. The van der Waals surface area contributed by atoms with E-state index in [1.54, 1.807) is 6.33 Å². The van der Waals surface area contributed by atoms with Crippen LogP contribution < -0.4 is 5.32 Å².